The summed E-state index contributed by atoms with van der Waals surface area (Å²) < 4.78 is 0. The van der Waals surface area contributed by atoms with E-state index in [4.69, 9.17) is 0 Å². The van der Waals surface area contributed by atoms with Crippen molar-refractivity contribution in [3.05, 3.63) is 84.4 Å². The first kappa shape index (κ1) is 16.5. The van der Waals surface area contributed by atoms with Gasteiger partial charge in [-0.25, -0.2) is 0 Å². The van der Waals surface area contributed by atoms with Gasteiger partial charge in [0.05, 0.1) is 6.10 Å². The molecule has 0 fully saturated rings. The number of aliphatic hydroxyl groups is 1. The number of aliphatic hydroxyl groups excluding tert-OH is 1. The number of hydrogen-bond donors (Lipinski definition) is 1. The summed E-state index contributed by atoms with van der Waals surface area (Å²) in [5.74, 6) is 0. The molecule has 0 radical (unpaired) electrons. The zero-order chi connectivity index (χ0) is 15.8. The molecule has 0 aliphatic heterocycles. The fraction of sp³-hybridized carbons (Fsp3) is 0.333. The molecule has 0 heterocycles. The van der Waals surface area contributed by atoms with Gasteiger partial charge in [0.2, 0.25) is 0 Å². The van der Waals surface area contributed by atoms with Gasteiger partial charge in [-0.2, -0.15) is 0 Å². The van der Waals surface area contributed by atoms with Crippen LogP contribution in [0.3, 0.4) is 0 Å². The lowest BCUT2D eigenvalue weighted by Crippen LogP contribution is -2.30. The highest BCUT2D eigenvalue weighted by Crippen LogP contribution is 2.41. The van der Waals surface area contributed by atoms with Crippen LogP contribution in [0.25, 0.3) is 0 Å². The molecule has 0 unspecified atom stereocenters. The zero-order valence-electron chi connectivity index (χ0n) is 13.4. The maximum atomic E-state index is 11.0. The summed E-state index contributed by atoms with van der Waals surface area (Å²) in [5, 5.41) is 11.0. The Labute approximate surface area is 134 Å². The van der Waals surface area contributed by atoms with E-state index < -0.39 is 6.10 Å². The van der Waals surface area contributed by atoms with Crippen LogP contribution in [0, 0.1) is 0 Å². The molecule has 2 rings (SSSR count). The van der Waals surface area contributed by atoms with Crippen molar-refractivity contribution >= 4 is 0 Å². The predicted octanol–water partition coefficient (Wildman–Crippen LogP) is 5.42. The Morgan fingerprint density at radius 3 is 2.18 bits per heavy atom. The molecular weight excluding hydrogens is 268 g/mol. The van der Waals surface area contributed by atoms with E-state index in [0.29, 0.717) is 0 Å². The Hall–Kier alpha value is -1.86. The van der Waals surface area contributed by atoms with E-state index in [2.05, 4.69) is 37.8 Å². The van der Waals surface area contributed by atoms with Crippen molar-refractivity contribution in [1.29, 1.82) is 0 Å². The SMILES string of the molecule is C=CCCCC[C@](C)(c1ccccc1)[C@@H](O)c1ccccc1. The van der Waals surface area contributed by atoms with Gasteiger partial charge in [-0.1, -0.05) is 80.1 Å². The van der Waals surface area contributed by atoms with Crippen LogP contribution >= 0.6 is 0 Å². The Balaban J connectivity index is 2.26. The van der Waals surface area contributed by atoms with Gasteiger partial charge in [0.1, 0.15) is 0 Å². The summed E-state index contributed by atoms with van der Waals surface area (Å²) in [6.07, 6.45) is 5.66. The lowest BCUT2D eigenvalue weighted by atomic mass is 9.71. The first-order valence-electron chi connectivity index (χ1n) is 8.08. The van der Waals surface area contributed by atoms with Gasteiger partial charge in [0.25, 0.3) is 0 Å². The van der Waals surface area contributed by atoms with Crippen molar-refractivity contribution in [3.8, 4) is 0 Å². The number of rotatable bonds is 8. The van der Waals surface area contributed by atoms with Crippen LogP contribution < -0.4 is 0 Å². The maximum Gasteiger partial charge on any atom is 0.0883 e. The fourth-order valence-electron chi connectivity index (χ4n) is 3.04. The van der Waals surface area contributed by atoms with Crippen LogP contribution in [0.5, 0.6) is 0 Å². The van der Waals surface area contributed by atoms with Crippen LogP contribution in [0.2, 0.25) is 0 Å². The molecule has 0 saturated carbocycles. The standard InChI is InChI=1S/C21H26O/c1-3-4-5-12-17-21(2,19-15-10-7-11-16-19)20(22)18-13-8-6-9-14-18/h3,6-11,13-16,20,22H,1,4-5,12,17H2,2H3/t20-,21+/m0/s1. The molecule has 0 bridgehead atoms. The Morgan fingerprint density at radius 1 is 1.00 bits per heavy atom. The Bertz CT molecular complexity index is 561. The van der Waals surface area contributed by atoms with Crippen molar-refractivity contribution in [1.82, 2.24) is 0 Å². The first-order valence-corrected chi connectivity index (χ1v) is 8.08. The van der Waals surface area contributed by atoms with E-state index in [1.54, 1.807) is 0 Å². The molecule has 1 N–H and O–H groups in total. The smallest absolute Gasteiger partial charge is 0.0883 e. The Morgan fingerprint density at radius 2 is 1.59 bits per heavy atom. The van der Waals surface area contributed by atoms with Crippen LogP contribution in [0.1, 0.15) is 49.8 Å². The molecule has 0 spiro atoms. The van der Waals surface area contributed by atoms with Crippen molar-refractivity contribution in [2.24, 2.45) is 0 Å². The molecular formula is C21H26O. The summed E-state index contributed by atoms with van der Waals surface area (Å²) in [7, 11) is 0. The normalized spacial score (nSPS) is 15.0. The number of hydrogen-bond acceptors (Lipinski definition) is 1. The highest BCUT2D eigenvalue weighted by molar-refractivity contribution is 5.31. The van der Waals surface area contributed by atoms with E-state index in [1.165, 1.54) is 5.56 Å². The minimum atomic E-state index is -0.500. The van der Waals surface area contributed by atoms with Crippen molar-refractivity contribution in [2.45, 2.75) is 44.1 Å². The topological polar surface area (TPSA) is 20.2 Å². The fourth-order valence-corrected chi connectivity index (χ4v) is 3.04. The van der Waals surface area contributed by atoms with Crippen LogP contribution in [0.15, 0.2) is 73.3 Å². The quantitative estimate of drug-likeness (QED) is 0.509. The second-order valence-corrected chi connectivity index (χ2v) is 6.13. The zero-order valence-corrected chi connectivity index (χ0v) is 13.4. The third-order valence-corrected chi connectivity index (χ3v) is 4.51. The van der Waals surface area contributed by atoms with Crippen LogP contribution in [-0.2, 0) is 5.41 Å². The van der Waals surface area contributed by atoms with Gasteiger partial charge >= 0.3 is 0 Å². The van der Waals surface area contributed by atoms with Gasteiger partial charge in [-0.15, -0.1) is 6.58 Å². The second-order valence-electron chi connectivity index (χ2n) is 6.13. The molecule has 1 heteroatoms. The molecule has 0 aromatic heterocycles. The van der Waals surface area contributed by atoms with Gasteiger partial charge in [-0.3, -0.25) is 0 Å². The summed E-state index contributed by atoms with van der Waals surface area (Å²) in [6.45, 7) is 5.96. The lowest BCUT2D eigenvalue weighted by Gasteiger charge is -2.36. The minimum absolute atomic E-state index is 0.274. The van der Waals surface area contributed by atoms with Gasteiger partial charge in [0, 0.05) is 5.41 Å². The van der Waals surface area contributed by atoms with Gasteiger partial charge < -0.3 is 5.11 Å². The molecule has 0 aliphatic rings. The molecule has 2 aromatic rings. The second kappa shape index (κ2) is 7.95. The lowest BCUT2D eigenvalue weighted by molar-refractivity contribution is 0.0821. The molecule has 0 saturated heterocycles. The highest BCUT2D eigenvalue weighted by atomic mass is 16.3. The molecule has 0 amide bonds. The first-order chi connectivity index (χ1) is 10.7. The summed E-state index contributed by atoms with van der Waals surface area (Å²) >= 11 is 0. The molecule has 1 nitrogen and oxygen atoms in total. The molecule has 2 atom stereocenters. The maximum absolute atomic E-state index is 11.0. The van der Waals surface area contributed by atoms with E-state index in [0.717, 1.165) is 31.2 Å². The summed E-state index contributed by atoms with van der Waals surface area (Å²) in [4.78, 5) is 0. The highest BCUT2D eigenvalue weighted by Gasteiger charge is 2.35. The van der Waals surface area contributed by atoms with E-state index in [1.807, 2.05) is 42.5 Å². The predicted molar refractivity (Wildman–Crippen MR) is 93.9 cm³/mol. The number of benzene rings is 2. The third kappa shape index (κ3) is 3.86. The van der Waals surface area contributed by atoms with Gasteiger partial charge in [0.15, 0.2) is 0 Å². The Kier molecular flexibility index (Phi) is 5.97. The summed E-state index contributed by atoms with van der Waals surface area (Å²) in [5.41, 5.74) is 1.91. The van der Waals surface area contributed by atoms with Crippen molar-refractivity contribution < 1.29 is 5.11 Å². The molecule has 0 aliphatic carbocycles. The van der Waals surface area contributed by atoms with E-state index in [9.17, 15) is 5.11 Å². The van der Waals surface area contributed by atoms with Crippen molar-refractivity contribution in [2.75, 3.05) is 0 Å². The van der Waals surface area contributed by atoms with Gasteiger partial charge in [-0.05, 0) is 30.4 Å². The number of unbranched alkanes of at least 4 members (excludes halogenated alkanes) is 2. The van der Waals surface area contributed by atoms with E-state index in [-0.39, 0.29) is 5.41 Å². The minimum Gasteiger partial charge on any atom is -0.387 e. The number of allylic oxidation sites excluding steroid dienone is 1. The van der Waals surface area contributed by atoms with E-state index >= 15 is 0 Å². The molecule has 22 heavy (non-hydrogen) atoms. The van der Waals surface area contributed by atoms with Crippen molar-refractivity contribution in [3.63, 3.8) is 0 Å². The van der Waals surface area contributed by atoms with Crippen LogP contribution in [0.4, 0.5) is 0 Å². The van der Waals surface area contributed by atoms with Crippen LogP contribution in [-0.4, -0.2) is 5.11 Å². The monoisotopic (exact) mass is 294 g/mol. The summed E-state index contributed by atoms with van der Waals surface area (Å²) in [6, 6.07) is 20.4. The average Bonchev–Trinajstić information content (AvgIpc) is 2.59. The third-order valence-electron chi connectivity index (χ3n) is 4.51. The molecule has 2 aromatic carbocycles. The largest absolute Gasteiger partial charge is 0.387 e. The average molecular weight is 294 g/mol. The molecule has 116 valence electrons.